The number of nitrogens with zero attached hydrogens (tertiary/aromatic N) is 2. The molecular formula is C37H28N2OPt. The number of hydrogen-bond donors (Lipinski definition) is 0. The van der Waals surface area contributed by atoms with Gasteiger partial charge in [0.1, 0.15) is 0 Å². The fourth-order valence-electron chi connectivity index (χ4n) is 5.09. The van der Waals surface area contributed by atoms with Crippen LogP contribution in [-0.4, -0.2) is 9.97 Å². The molecule has 0 aliphatic rings. The molecule has 6 aromatic rings. The van der Waals surface area contributed by atoms with Crippen LogP contribution in [0.5, 0.6) is 11.5 Å². The summed E-state index contributed by atoms with van der Waals surface area (Å²) in [6.45, 7) is 6.46. The van der Waals surface area contributed by atoms with Crippen LogP contribution in [-0.2, 0) is 21.1 Å². The minimum atomic E-state index is 0. The van der Waals surface area contributed by atoms with E-state index in [1.165, 1.54) is 27.8 Å². The van der Waals surface area contributed by atoms with E-state index in [0.29, 0.717) is 11.5 Å². The van der Waals surface area contributed by atoms with Gasteiger partial charge in [-0.3, -0.25) is 0 Å². The predicted molar refractivity (Wildman–Crippen MR) is 162 cm³/mol. The summed E-state index contributed by atoms with van der Waals surface area (Å²) in [6.07, 6.45) is 3.72. The first-order chi connectivity index (χ1) is 19.6. The van der Waals surface area contributed by atoms with Crippen molar-refractivity contribution in [2.24, 2.45) is 0 Å². The van der Waals surface area contributed by atoms with E-state index in [1.54, 1.807) is 6.20 Å². The molecule has 0 aliphatic carbocycles. The van der Waals surface area contributed by atoms with Gasteiger partial charge in [-0.15, -0.1) is 47.5 Å². The smallest absolute Gasteiger partial charge is 0.497 e. The van der Waals surface area contributed by atoms with Crippen molar-refractivity contribution in [3.05, 3.63) is 144 Å². The molecule has 0 unspecified atom stereocenters. The molecule has 0 radical (unpaired) electrons. The van der Waals surface area contributed by atoms with Crippen LogP contribution in [0.15, 0.2) is 116 Å². The maximum Gasteiger partial charge on any atom is 2.00 e. The summed E-state index contributed by atoms with van der Waals surface area (Å²) in [5.74, 6) is 1.21. The fourth-order valence-corrected chi connectivity index (χ4v) is 5.09. The maximum absolute atomic E-state index is 6.18. The van der Waals surface area contributed by atoms with Gasteiger partial charge < -0.3 is 14.7 Å². The summed E-state index contributed by atoms with van der Waals surface area (Å²) >= 11 is 0. The zero-order chi connectivity index (χ0) is 27.5. The standard InChI is InChI=1S/C37H28N2O.Pt/c1-25-11-8-12-26(2)37(25)33-18-5-4-17-32(33)34-23-36(39-24-27(34)3)29-14-10-16-31(22-29)40-30-15-9-13-28(21-30)35-19-6-7-20-38-35;/h4-20,23-24H,1-3H3;/q-2;+2. The summed E-state index contributed by atoms with van der Waals surface area (Å²) < 4.78 is 6.18. The topological polar surface area (TPSA) is 35.0 Å². The molecule has 4 aromatic carbocycles. The summed E-state index contributed by atoms with van der Waals surface area (Å²) in [5.41, 5.74) is 11.9. The zero-order valence-corrected chi connectivity index (χ0v) is 25.4. The molecule has 3 nitrogen and oxygen atoms in total. The monoisotopic (exact) mass is 711 g/mol. The average molecular weight is 712 g/mol. The molecule has 2 aromatic heterocycles. The Morgan fingerprint density at radius 1 is 0.537 bits per heavy atom. The molecular weight excluding hydrogens is 683 g/mol. The molecule has 202 valence electrons. The van der Waals surface area contributed by atoms with Crippen LogP contribution in [0.1, 0.15) is 16.7 Å². The average Bonchev–Trinajstić information content (AvgIpc) is 2.98. The first-order valence-corrected chi connectivity index (χ1v) is 13.3. The van der Waals surface area contributed by atoms with Crippen LogP contribution in [0, 0.1) is 32.9 Å². The Kier molecular flexibility index (Phi) is 8.57. The molecule has 2 heterocycles. The number of aryl methyl sites for hydroxylation is 3. The molecule has 0 fully saturated rings. The molecule has 0 saturated carbocycles. The Bertz CT molecular complexity index is 1790. The fraction of sp³-hybridized carbons (Fsp3) is 0.0811. The van der Waals surface area contributed by atoms with Crippen molar-refractivity contribution < 1.29 is 25.8 Å². The van der Waals surface area contributed by atoms with E-state index < -0.39 is 0 Å². The van der Waals surface area contributed by atoms with Crippen LogP contribution in [0.3, 0.4) is 0 Å². The summed E-state index contributed by atoms with van der Waals surface area (Å²) in [4.78, 5) is 9.19. The van der Waals surface area contributed by atoms with Gasteiger partial charge in [0.2, 0.25) is 0 Å². The van der Waals surface area contributed by atoms with Gasteiger partial charge in [0.15, 0.2) is 0 Å². The molecule has 6 rings (SSSR count). The third kappa shape index (κ3) is 6.06. The van der Waals surface area contributed by atoms with Crippen molar-refractivity contribution in [3.8, 4) is 56.3 Å². The van der Waals surface area contributed by atoms with Gasteiger partial charge in [0.25, 0.3) is 0 Å². The normalized spacial score (nSPS) is 10.6. The second-order valence-electron chi connectivity index (χ2n) is 9.87. The SMILES string of the molecule is Cc1cnc(-c2[c-]c(Oc3[c-]c(-c4ccccn4)ccc3)ccc2)cc1-c1ccccc1-c1c(C)cccc1C.[Pt+2]. The molecule has 4 heteroatoms. The van der Waals surface area contributed by atoms with Crippen LogP contribution in [0.25, 0.3) is 44.8 Å². The van der Waals surface area contributed by atoms with Gasteiger partial charge in [0, 0.05) is 23.9 Å². The van der Waals surface area contributed by atoms with Crippen molar-refractivity contribution in [1.82, 2.24) is 9.97 Å². The first kappa shape index (κ1) is 28.2. The number of hydrogen-bond acceptors (Lipinski definition) is 3. The van der Waals surface area contributed by atoms with E-state index in [-0.39, 0.29) is 21.1 Å². The number of aromatic nitrogens is 2. The number of ether oxygens (including phenoxy) is 1. The van der Waals surface area contributed by atoms with Crippen molar-refractivity contribution in [3.63, 3.8) is 0 Å². The van der Waals surface area contributed by atoms with Crippen molar-refractivity contribution in [2.75, 3.05) is 0 Å². The van der Waals surface area contributed by atoms with Crippen molar-refractivity contribution >= 4 is 0 Å². The van der Waals surface area contributed by atoms with Gasteiger partial charge in [-0.05, 0) is 77.2 Å². The molecule has 41 heavy (non-hydrogen) atoms. The van der Waals surface area contributed by atoms with Crippen molar-refractivity contribution in [2.45, 2.75) is 20.8 Å². The molecule has 0 atom stereocenters. The predicted octanol–water partition coefficient (Wildman–Crippen LogP) is 9.46. The summed E-state index contributed by atoms with van der Waals surface area (Å²) in [6, 6.07) is 41.5. The third-order valence-electron chi connectivity index (χ3n) is 7.04. The zero-order valence-electron chi connectivity index (χ0n) is 23.1. The second kappa shape index (κ2) is 12.5. The largest absolute Gasteiger partial charge is 2.00 e. The molecule has 0 spiro atoms. The van der Waals surface area contributed by atoms with Crippen LogP contribution in [0.2, 0.25) is 0 Å². The van der Waals surface area contributed by atoms with E-state index in [0.717, 1.165) is 33.6 Å². The van der Waals surface area contributed by atoms with Crippen molar-refractivity contribution in [1.29, 1.82) is 0 Å². The van der Waals surface area contributed by atoms with E-state index in [1.807, 2.05) is 60.8 Å². The van der Waals surface area contributed by atoms with Crippen LogP contribution < -0.4 is 4.74 Å². The molecule has 0 saturated heterocycles. The number of rotatable bonds is 6. The molecule has 0 aliphatic heterocycles. The van der Waals surface area contributed by atoms with Gasteiger partial charge in [-0.2, -0.15) is 0 Å². The van der Waals surface area contributed by atoms with Crippen LogP contribution >= 0.6 is 0 Å². The van der Waals surface area contributed by atoms with Gasteiger partial charge >= 0.3 is 21.1 Å². The Labute approximate surface area is 256 Å². The van der Waals surface area contributed by atoms with E-state index >= 15 is 0 Å². The quantitative estimate of drug-likeness (QED) is 0.162. The van der Waals surface area contributed by atoms with E-state index in [4.69, 9.17) is 9.72 Å². The van der Waals surface area contributed by atoms with E-state index in [9.17, 15) is 0 Å². The number of benzene rings is 4. The third-order valence-corrected chi connectivity index (χ3v) is 7.04. The molecule has 0 N–H and O–H groups in total. The van der Waals surface area contributed by atoms with E-state index in [2.05, 4.69) is 86.4 Å². The minimum absolute atomic E-state index is 0. The maximum atomic E-state index is 6.18. The van der Waals surface area contributed by atoms with Gasteiger partial charge in [-0.1, -0.05) is 72.8 Å². The Morgan fingerprint density at radius 3 is 1.80 bits per heavy atom. The molecule has 0 amide bonds. The van der Waals surface area contributed by atoms with Gasteiger partial charge in [-0.25, -0.2) is 0 Å². The van der Waals surface area contributed by atoms with Gasteiger partial charge in [0.05, 0.1) is 0 Å². The molecule has 0 bridgehead atoms. The van der Waals surface area contributed by atoms with Crippen LogP contribution in [0.4, 0.5) is 0 Å². The summed E-state index contributed by atoms with van der Waals surface area (Å²) in [7, 11) is 0. The number of pyridine rings is 2. The Hall–Kier alpha value is -4.33. The Balaban J connectivity index is 0.00000337. The minimum Gasteiger partial charge on any atom is -0.497 e. The Morgan fingerprint density at radius 2 is 1.15 bits per heavy atom. The second-order valence-corrected chi connectivity index (χ2v) is 9.87. The first-order valence-electron chi connectivity index (χ1n) is 13.3. The summed E-state index contributed by atoms with van der Waals surface area (Å²) in [5, 5.41) is 0.